The van der Waals surface area contributed by atoms with Gasteiger partial charge in [-0.25, -0.2) is 0 Å². The molecule has 1 aromatic heterocycles. The number of nitrogens with one attached hydrogen (secondary N) is 1. The first-order valence-electron chi connectivity index (χ1n) is 12.3. The third kappa shape index (κ3) is 4.77. The summed E-state index contributed by atoms with van der Waals surface area (Å²) in [7, 11) is 2.02. The van der Waals surface area contributed by atoms with Crippen molar-refractivity contribution in [2.45, 2.75) is 26.1 Å². The van der Waals surface area contributed by atoms with Gasteiger partial charge in [0.05, 0.1) is 28.0 Å². The van der Waals surface area contributed by atoms with E-state index in [1.54, 1.807) is 0 Å². The van der Waals surface area contributed by atoms with Crippen LogP contribution in [0.4, 0.5) is 24.5 Å². The molecule has 0 radical (unpaired) electrons. The molecule has 9 heteroatoms. The topological polar surface area (TPSA) is 51.7 Å². The molecule has 190 valence electrons. The first-order valence-corrected chi connectivity index (χ1v) is 12.3. The van der Waals surface area contributed by atoms with Crippen LogP contribution in [-0.4, -0.2) is 67.0 Å². The number of carbonyl (C=O) groups is 1. The number of halogens is 3. The number of rotatable bonds is 4. The van der Waals surface area contributed by atoms with Crippen LogP contribution in [0.3, 0.4) is 0 Å². The minimum atomic E-state index is -4.51. The van der Waals surface area contributed by atoms with Crippen LogP contribution in [-0.2, 0) is 19.1 Å². The third-order valence-electron chi connectivity index (χ3n) is 7.22. The van der Waals surface area contributed by atoms with E-state index in [-0.39, 0.29) is 5.69 Å². The van der Waals surface area contributed by atoms with Gasteiger partial charge in [-0.05, 0) is 37.9 Å². The van der Waals surface area contributed by atoms with Gasteiger partial charge in [-0.1, -0.05) is 25.1 Å². The predicted octanol–water partition coefficient (Wildman–Crippen LogP) is 4.64. The zero-order chi connectivity index (χ0) is 25.4. The van der Waals surface area contributed by atoms with E-state index in [0.717, 1.165) is 61.5 Å². The zero-order valence-corrected chi connectivity index (χ0v) is 20.5. The van der Waals surface area contributed by atoms with E-state index >= 15 is 0 Å². The largest absolute Gasteiger partial charge is 0.416 e. The van der Waals surface area contributed by atoms with Gasteiger partial charge >= 0.3 is 6.18 Å². The van der Waals surface area contributed by atoms with E-state index in [1.807, 2.05) is 36.2 Å². The maximum Gasteiger partial charge on any atom is 0.416 e. The summed E-state index contributed by atoms with van der Waals surface area (Å²) >= 11 is 0. The highest BCUT2D eigenvalue weighted by atomic mass is 19.4. The zero-order valence-electron chi connectivity index (χ0n) is 20.5. The van der Waals surface area contributed by atoms with Crippen molar-refractivity contribution in [2.75, 3.05) is 56.5 Å². The Bertz CT molecular complexity index is 1280. The smallest absolute Gasteiger partial charge is 0.367 e. The molecule has 2 aromatic carbocycles. The Kier molecular flexibility index (Phi) is 6.61. The molecular formula is C27H30F3N5O. The SMILES string of the molecule is CCN1CCc2nc3ccccc3c(C(=O)Nc3cc(C(F)(F)F)ccc3N3CCN(C)CC3)c2C1. The molecule has 0 bridgehead atoms. The molecule has 2 aliphatic heterocycles. The van der Waals surface area contributed by atoms with Crippen molar-refractivity contribution < 1.29 is 18.0 Å². The Balaban J connectivity index is 1.58. The number of fused-ring (bicyclic) bond motifs is 2. The van der Waals surface area contributed by atoms with E-state index in [4.69, 9.17) is 4.98 Å². The lowest BCUT2D eigenvalue weighted by Crippen LogP contribution is -2.44. The molecule has 36 heavy (non-hydrogen) atoms. The maximum absolute atomic E-state index is 13.9. The Morgan fingerprint density at radius 3 is 2.53 bits per heavy atom. The highest BCUT2D eigenvalue weighted by Gasteiger charge is 2.33. The quantitative estimate of drug-likeness (QED) is 0.570. The van der Waals surface area contributed by atoms with Crippen LogP contribution >= 0.6 is 0 Å². The second-order valence-corrected chi connectivity index (χ2v) is 9.52. The highest BCUT2D eigenvalue weighted by Crippen LogP contribution is 2.37. The summed E-state index contributed by atoms with van der Waals surface area (Å²) in [6, 6.07) is 11.1. The summed E-state index contributed by atoms with van der Waals surface area (Å²) < 4.78 is 40.9. The van der Waals surface area contributed by atoms with E-state index in [9.17, 15) is 18.0 Å². The average Bonchev–Trinajstić information content (AvgIpc) is 2.87. The predicted molar refractivity (Wildman–Crippen MR) is 136 cm³/mol. The van der Waals surface area contributed by atoms with Gasteiger partial charge < -0.3 is 15.1 Å². The molecule has 1 fully saturated rings. The van der Waals surface area contributed by atoms with Crippen molar-refractivity contribution in [1.82, 2.24) is 14.8 Å². The number of hydrogen-bond acceptors (Lipinski definition) is 5. The number of pyridine rings is 1. The van der Waals surface area contributed by atoms with Crippen molar-refractivity contribution in [3.05, 3.63) is 64.8 Å². The van der Waals surface area contributed by atoms with Crippen molar-refractivity contribution in [3.8, 4) is 0 Å². The van der Waals surface area contributed by atoms with Crippen LogP contribution in [0.5, 0.6) is 0 Å². The normalized spacial score (nSPS) is 17.3. The number of amides is 1. The molecule has 0 unspecified atom stereocenters. The summed E-state index contributed by atoms with van der Waals surface area (Å²) in [5.41, 5.74) is 2.95. The fourth-order valence-electron chi connectivity index (χ4n) is 5.10. The molecule has 6 nitrogen and oxygen atoms in total. The number of carbonyl (C=O) groups excluding carboxylic acids is 1. The monoisotopic (exact) mass is 497 g/mol. The van der Waals surface area contributed by atoms with Gasteiger partial charge in [0.2, 0.25) is 0 Å². The molecular weight excluding hydrogens is 467 g/mol. The first kappa shape index (κ1) is 24.5. The van der Waals surface area contributed by atoms with Gasteiger partial charge in [0.25, 0.3) is 5.91 Å². The average molecular weight is 498 g/mol. The number of alkyl halides is 3. The standard InChI is InChI=1S/C27H30F3N5O/c1-3-34-11-10-22-20(17-34)25(19-6-4-5-7-21(19)31-22)26(36)32-23-16-18(27(28,29)30)8-9-24(23)35-14-12-33(2)13-15-35/h4-9,16H,3,10-15,17H2,1-2H3,(H,32,36). The van der Waals surface area contributed by atoms with Crippen LogP contribution in [0.25, 0.3) is 10.9 Å². The van der Waals surface area contributed by atoms with Crippen molar-refractivity contribution in [1.29, 1.82) is 0 Å². The molecule has 3 aromatic rings. The van der Waals surface area contributed by atoms with E-state index in [2.05, 4.69) is 22.0 Å². The number of nitrogens with zero attached hydrogens (tertiary/aromatic N) is 4. The second kappa shape index (κ2) is 9.71. The fourth-order valence-corrected chi connectivity index (χ4v) is 5.10. The highest BCUT2D eigenvalue weighted by molar-refractivity contribution is 6.14. The summed E-state index contributed by atoms with van der Waals surface area (Å²) in [6.07, 6.45) is -3.78. The molecule has 0 spiro atoms. The maximum atomic E-state index is 13.9. The molecule has 1 N–H and O–H groups in total. The molecule has 0 atom stereocenters. The van der Waals surface area contributed by atoms with Crippen LogP contribution in [0, 0.1) is 0 Å². The van der Waals surface area contributed by atoms with Gasteiger partial charge in [0, 0.05) is 62.3 Å². The number of piperazine rings is 1. The van der Waals surface area contributed by atoms with E-state index in [1.165, 1.54) is 6.07 Å². The Labute approximate surface area is 208 Å². The Morgan fingerprint density at radius 1 is 1.06 bits per heavy atom. The summed E-state index contributed by atoms with van der Waals surface area (Å²) in [4.78, 5) is 25.1. The van der Waals surface area contributed by atoms with Crippen LogP contribution in [0.1, 0.15) is 34.1 Å². The lowest BCUT2D eigenvalue weighted by atomic mass is 9.95. The second-order valence-electron chi connectivity index (χ2n) is 9.52. The van der Waals surface area contributed by atoms with Crippen LogP contribution in [0.2, 0.25) is 0 Å². The number of hydrogen-bond donors (Lipinski definition) is 1. The molecule has 1 amide bonds. The van der Waals surface area contributed by atoms with E-state index < -0.39 is 17.6 Å². The number of anilines is 2. The lowest BCUT2D eigenvalue weighted by molar-refractivity contribution is -0.137. The molecule has 3 heterocycles. The molecule has 0 aliphatic carbocycles. The number of benzene rings is 2. The molecule has 2 aliphatic rings. The van der Waals surface area contributed by atoms with Gasteiger partial charge in [-0.3, -0.25) is 14.7 Å². The number of likely N-dealkylation sites (N-methyl/N-ethyl adjacent to an activating group) is 2. The molecule has 0 saturated carbocycles. The Morgan fingerprint density at radius 2 is 1.81 bits per heavy atom. The van der Waals surface area contributed by atoms with Crippen LogP contribution in [0.15, 0.2) is 42.5 Å². The summed E-state index contributed by atoms with van der Waals surface area (Å²) in [6.45, 7) is 7.29. The minimum Gasteiger partial charge on any atom is -0.367 e. The number of para-hydroxylation sites is 1. The van der Waals surface area contributed by atoms with Crippen LogP contribution < -0.4 is 10.2 Å². The first-order chi connectivity index (χ1) is 17.2. The summed E-state index contributed by atoms with van der Waals surface area (Å²) in [5.74, 6) is -0.405. The van der Waals surface area contributed by atoms with Crippen molar-refractivity contribution >= 4 is 28.2 Å². The molecule has 1 saturated heterocycles. The van der Waals surface area contributed by atoms with Gasteiger partial charge in [0.1, 0.15) is 0 Å². The lowest BCUT2D eigenvalue weighted by Gasteiger charge is -2.35. The fraction of sp³-hybridized carbons (Fsp3) is 0.407. The minimum absolute atomic E-state index is 0.178. The van der Waals surface area contributed by atoms with Crippen molar-refractivity contribution in [2.24, 2.45) is 0 Å². The Hall–Kier alpha value is -3.17. The number of aromatic nitrogens is 1. The molecule has 5 rings (SSSR count). The summed E-state index contributed by atoms with van der Waals surface area (Å²) in [5, 5.41) is 3.59. The van der Waals surface area contributed by atoms with Gasteiger partial charge in [-0.15, -0.1) is 0 Å². The van der Waals surface area contributed by atoms with Crippen molar-refractivity contribution in [3.63, 3.8) is 0 Å². The van der Waals surface area contributed by atoms with Gasteiger partial charge in [0.15, 0.2) is 0 Å². The van der Waals surface area contributed by atoms with E-state index in [0.29, 0.717) is 36.3 Å². The van der Waals surface area contributed by atoms with Gasteiger partial charge in [-0.2, -0.15) is 13.2 Å². The third-order valence-corrected chi connectivity index (χ3v) is 7.22.